The third-order valence-corrected chi connectivity index (χ3v) is 5.08. The van der Waals surface area contributed by atoms with Gasteiger partial charge in [0.15, 0.2) is 5.13 Å². The number of nitrogens with one attached hydrogen (secondary N) is 1. The largest absolute Gasteiger partial charge is 0.329 e. The first-order valence-electron chi connectivity index (χ1n) is 6.18. The molecule has 0 amide bonds. The van der Waals surface area contributed by atoms with Gasteiger partial charge in [0.2, 0.25) is 0 Å². The van der Waals surface area contributed by atoms with Crippen molar-refractivity contribution in [2.24, 2.45) is 5.73 Å². The molecule has 3 N–H and O–H groups in total. The van der Waals surface area contributed by atoms with Gasteiger partial charge in [0.1, 0.15) is 4.90 Å². The minimum atomic E-state index is -3.65. The van der Waals surface area contributed by atoms with Gasteiger partial charge in [-0.3, -0.25) is 9.40 Å². The molecule has 20 heavy (non-hydrogen) atoms. The molecule has 2 aromatic rings. The van der Waals surface area contributed by atoms with Crippen molar-refractivity contribution >= 4 is 26.5 Å². The second-order valence-corrected chi connectivity index (χ2v) is 7.09. The topological polar surface area (TPSA) is 103 Å². The number of hydrogen-bond donors (Lipinski definition) is 2. The van der Waals surface area contributed by atoms with Gasteiger partial charge in [0.05, 0.1) is 18.4 Å². The number of sulfonamides is 1. The maximum Gasteiger partial charge on any atom is 0.266 e. The lowest BCUT2D eigenvalue weighted by Gasteiger charge is -2.01. The van der Waals surface area contributed by atoms with Gasteiger partial charge < -0.3 is 5.73 Å². The van der Waals surface area contributed by atoms with Gasteiger partial charge in [-0.05, 0) is 13.3 Å². The van der Waals surface area contributed by atoms with Gasteiger partial charge in [0, 0.05) is 17.6 Å². The number of hydrogen-bond acceptors (Lipinski definition) is 6. The number of nitrogens with zero attached hydrogens (tertiary/aromatic N) is 3. The molecule has 0 atom stereocenters. The molecule has 2 aromatic heterocycles. The van der Waals surface area contributed by atoms with Gasteiger partial charge >= 0.3 is 0 Å². The summed E-state index contributed by atoms with van der Waals surface area (Å²) in [4.78, 5) is 5.39. The molecule has 0 aromatic carbocycles. The molecule has 0 fully saturated rings. The van der Waals surface area contributed by atoms with E-state index in [9.17, 15) is 8.42 Å². The lowest BCUT2D eigenvalue weighted by molar-refractivity contribution is 0.599. The van der Waals surface area contributed by atoms with Crippen LogP contribution in [0, 0.1) is 6.92 Å². The third-order valence-electron chi connectivity index (χ3n) is 2.73. The van der Waals surface area contributed by atoms with E-state index in [0.717, 1.165) is 17.0 Å². The first kappa shape index (κ1) is 14.9. The first-order chi connectivity index (χ1) is 9.46. The molecule has 0 saturated carbocycles. The Kier molecular flexibility index (Phi) is 4.41. The molecule has 0 aliphatic carbocycles. The van der Waals surface area contributed by atoms with Crippen molar-refractivity contribution in [3.05, 3.63) is 23.0 Å². The van der Waals surface area contributed by atoms with Crippen molar-refractivity contribution in [2.75, 3.05) is 11.3 Å². The summed E-state index contributed by atoms with van der Waals surface area (Å²) in [5.74, 6) is 0. The molecule has 0 radical (unpaired) electrons. The molecule has 0 aliphatic rings. The Balaban J connectivity index is 2.21. The number of anilines is 1. The van der Waals surface area contributed by atoms with Crippen LogP contribution in [-0.2, 0) is 23.0 Å². The summed E-state index contributed by atoms with van der Waals surface area (Å²) in [6.07, 6.45) is 3.54. The van der Waals surface area contributed by atoms with Crippen LogP contribution in [0.1, 0.15) is 17.5 Å². The zero-order valence-corrected chi connectivity index (χ0v) is 13.0. The summed E-state index contributed by atoms with van der Waals surface area (Å²) in [6, 6.07) is 0. The van der Waals surface area contributed by atoms with E-state index >= 15 is 0 Å². The van der Waals surface area contributed by atoms with Crippen molar-refractivity contribution in [3.63, 3.8) is 0 Å². The minimum absolute atomic E-state index is 0.108. The second-order valence-electron chi connectivity index (χ2n) is 4.21. The van der Waals surface area contributed by atoms with Crippen LogP contribution in [0.25, 0.3) is 0 Å². The fourth-order valence-corrected chi connectivity index (χ4v) is 3.80. The van der Waals surface area contributed by atoms with Crippen LogP contribution in [0.3, 0.4) is 0 Å². The average Bonchev–Trinajstić information content (AvgIpc) is 2.96. The quantitative estimate of drug-likeness (QED) is 0.827. The molecular formula is C11H17N5O2S2. The summed E-state index contributed by atoms with van der Waals surface area (Å²) < 4.78 is 28.4. The van der Waals surface area contributed by atoms with E-state index < -0.39 is 10.0 Å². The summed E-state index contributed by atoms with van der Waals surface area (Å²) in [5, 5.41) is 4.33. The maximum atomic E-state index is 12.2. The van der Waals surface area contributed by atoms with E-state index in [1.54, 1.807) is 0 Å². The van der Waals surface area contributed by atoms with Gasteiger partial charge in [-0.15, -0.1) is 11.3 Å². The predicted octanol–water partition coefficient (Wildman–Crippen LogP) is 0.970. The third kappa shape index (κ3) is 3.17. The van der Waals surface area contributed by atoms with E-state index in [0.29, 0.717) is 18.2 Å². The van der Waals surface area contributed by atoms with E-state index in [-0.39, 0.29) is 4.90 Å². The van der Waals surface area contributed by atoms with Gasteiger partial charge in [-0.2, -0.15) is 5.10 Å². The van der Waals surface area contributed by atoms with Crippen LogP contribution in [0.2, 0.25) is 0 Å². The molecular weight excluding hydrogens is 298 g/mol. The molecule has 9 heteroatoms. The standard InChI is InChI=1S/C11H17N5O2S2/c1-3-10-8(2)19-11(14-10)15-20(17,18)9-6-13-16(7-9)5-4-12/h6-7H,3-5,12H2,1-2H3,(H,14,15). The summed E-state index contributed by atoms with van der Waals surface area (Å²) in [5.41, 5.74) is 6.31. The molecule has 0 aliphatic heterocycles. The Hall–Kier alpha value is -1.45. The van der Waals surface area contributed by atoms with Gasteiger partial charge in [-0.1, -0.05) is 6.92 Å². The zero-order chi connectivity index (χ0) is 14.8. The molecule has 0 bridgehead atoms. The molecule has 0 unspecified atom stereocenters. The highest BCUT2D eigenvalue weighted by atomic mass is 32.2. The average molecular weight is 315 g/mol. The number of rotatable bonds is 6. The van der Waals surface area contributed by atoms with Gasteiger partial charge in [0.25, 0.3) is 10.0 Å². The molecule has 2 heterocycles. The van der Waals surface area contributed by atoms with E-state index in [1.165, 1.54) is 28.4 Å². The Morgan fingerprint density at radius 3 is 2.85 bits per heavy atom. The Bertz CT molecular complexity index is 689. The smallest absolute Gasteiger partial charge is 0.266 e. The predicted molar refractivity (Wildman–Crippen MR) is 78.3 cm³/mol. The van der Waals surface area contributed by atoms with Crippen LogP contribution in [0.4, 0.5) is 5.13 Å². The lowest BCUT2D eigenvalue weighted by atomic mass is 10.3. The summed E-state index contributed by atoms with van der Waals surface area (Å²) in [7, 11) is -3.65. The van der Waals surface area contributed by atoms with Crippen molar-refractivity contribution in [1.29, 1.82) is 0 Å². The van der Waals surface area contributed by atoms with Crippen LogP contribution < -0.4 is 10.5 Å². The van der Waals surface area contributed by atoms with Crippen molar-refractivity contribution in [3.8, 4) is 0 Å². The van der Waals surface area contributed by atoms with Crippen molar-refractivity contribution < 1.29 is 8.42 Å². The van der Waals surface area contributed by atoms with Crippen LogP contribution in [0.5, 0.6) is 0 Å². The molecule has 2 rings (SSSR count). The normalized spacial score (nSPS) is 11.8. The Labute approximate surface area is 121 Å². The number of thiazole rings is 1. The first-order valence-corrected chi connectivity index (χ1v) is 8.48. The van der Waals surface area contributed by atoms with E-state index in [1.807, 2.05) is 13.8 Å². The molecule has 110 valence electrons. The molecule has 0 saturated heterocycles. The highest BCUT2D eigenvalue weighted by Crippen LogP contribution is 2.24. The van der Waals surface area contributed by atoms with E-state index in [4.69, 9.17) is 5.73 Å². The van der Waals surface area contributed by atoms with Gasteiger partial charge in [-0.25, -0.2) is 13.4 Å². The fraction of sp³-hybridized carbons (Fsp3) is 0.455. The monoisotopic (exact) mass is 315 g/mol. The van der Waals surface area contributed by atoms with Crippen molar-refractivity contribution in [1.82, 2.24) is 14.8 Å². The molecule has 7 nitrogen and oxygen atoms in total. The Morgan fingerprint density at radius 2 is 2.25 bits per heavy atom. The highest BCUT2D eigenvalue weighted by molar-refractivity contribution is 7.93. The minimum Gasteiger partial charge on any atom is -0.329 e. The SMILES string of the molecule is CCc1nc(NS(=O)(=O)c2cnn(CCN)c2)sc1C. The number of aryl methyl sites for hydroxylation is 2. The van der Waals surface area contributed by atoms with Crippen molar-refractivity contribution in [2.45, 2.75) is 31.7 Å². The second kappa shape index (κ2) is 5.90. The van der Waals surface area contributed by atoms with Crippen LogP contribution in [-0.4, -0.2) is 29.7 Å². The van der Waals surface area contributed by atoms with Crippen LogP contribution in [0.15, 0.2) is 17.3 Å². The Morgan fingerprint density at radius 1 is 1.50 bits per heavy atom. The highest BCUT2D eigenvalue weighted by Gasteiger charge is 2.19. The maximum absolute atomic E-state index is 12.2. The van der Waals surface area contributed by atoms with E-state index in [2.05, 4.69) is 14.8 Å². The number of aromatic nitrogens is 3. The lowest BCUT2D eigenvalue weighted by Crippen LogP contribution is -2.13. The van der Waals surface area contributed by atoms with Crippen LogP contribution >= 0.6 is 11.3 Å². The zero-order valence-electron chi connectivity index (χ0n) is 11.3. The summed E-state index contributed by atoms with van der Waals surface area (Å²) in [6.45, 7) is 4.79. The molecule has 0 spiro atoms. The number of nitrogens with two attached hydrogens (primary N) is 1. The summed E-state index contributed by atoms with van der Waals surface area (Å²) >= 11 is 1.33. The fourth-order valence-electron chi connectivity index (χ4n) is 1.71.